The van der Waals surface area contributed by atoms with Crippen molar-refractivity contribution in [3.05, 3.63) is 182 Å². The van der Waals surface area contributed by atoms with Crippen LogP contribution in [-0.4, -0.2) is 0 Å². The lowest BCUT2D eigenvalue weighted by atomic mass is 9.83. The zero-order chi connectivity index (χ0) is 40.1. The summed E-state index contributed by atoms with van der Waals surface area (Å²) in [6, 6.07) is 37.6. The first kappa shape index (κ1) is 20.0. The minimum Gasteiger partial charge on any atom is -0.456 e. The number of hydrogen-bond acceptors (Lipinski definition) is 1. The molecule has 0 N–H and O–H groups in total. The SMILES string of the molecule is [2H]c1c([2H])c([2H])c(-c2c([2H])c([2H])c([2H])c([2H])c2-c2c3ccccc3c(-c3ccc(-c4cccc5oc6cc7ccccc7cc6c45)cc3)c3ccccc23)c([2H])c1[2H]. The summed E-state index contributed by atoms with van der Waals surface area (Å²) in [6.45, 7) is 0. The van der Waals surface area contributed by atoms with Crippen LogP contribution in [0, 0.1) is 0 Å². The van der Waals surface area contributed by atoms with E-state index in [0.29, 0.717) is 16.3 Å². The summed E-state index contributed by atoms with van der Waals surface area (Å²) >= 11 is 0. The van der Waals surface area contributed by atoms with Gasteiger partial charge in [-0.2, -0.15) is 0 Å². The maximum atomic E-state index is 9.31. The summed E-state index contributed by atoms with van der Waals surface area (Å²) in [4.78, 5) is 0. The van der Waals surface area contributed by atoms with Crippen LogP contribution in [0.25, 0.3) is 98.8 Å². The summed E-state index contributed by atoms with van der Waals surface area (Å²) in [7, 11) is 0. The first-order valence-corrected chi connectivity index (χ1v) is 16.1. The van der Waals surface area contributed by atoms with E-state index < -0.39 is 48.3 Å². The molecule has 1 heteroatoms. The average Bonchev–Trinajstić information content (AvgIpc) is 3.62. The molecule has 0 bridgehead atoms. The van der Waals surface area contributed by atoms with Gasteiger partial charge < -0.3 is 4.42 Å². The molecule has 10 aromatic rings. The van der Waals surface area contributed by atoms with Crippen molar-refractivity contribution in [2.45, 2.75) is 0 Å². The molecule has 228 valence electrons. The monoisotopic (exact) mass is 631 g/mol. The van der Waals surface area contributed by atoms with E-state index >= 15 is 0 Å². The molecular formula is C48H30O. The molecule has 0 aliphatic heterocycles. The summed E-state index contributed by atoms with van der Waals surface area (Å²) < 4.78 is 85.0. The van der Waals surface area contributed by atoms with Gasteiger partial charge in [-0.15, -0.1) is 0 Å². The molecule has 0 saturated heterocycles. The Kier molecular flexibility index (Phi) is 4.53. The van der Waals surface area contributed by atoms with Crippen LogP contribution in [0.1, 0.15) is 12.3 Å². The third kappa shape index (κ3) is 4.40. The molecule has 10 rings (SSSR count). The Morgan fingerprint density at radius 3 is 1.63 bits per heavy atom. The van der Waals surface area contributed by atoms with Gasteiger partial charge in [0.2, 0.25) is 0 Å². The van der Waals surface area contributed by atoms with Crippen LogP contribution in [0.3, 0.4) is 0 Å². The highest BCUT2D eigenvalue weighted by Gasteiger charge is 2.19. The molecule has 0 aliphatic carbocycles. The number of rotatable bonds is 4. The molecule has 9 aromatic carbocycles. The van der Waals surface area contributed by atoms with E-state index in [-0.39, 0.29) is 22.7 Å². The van der Waals surface area contributed by atoms with Gasteiger partial charge in [-0.1, -0.05) is 164 Å². The lowest BCUT2D eigenvalue weighted by Crippen LogP contribution is -1.92. The van der Waals surface area contributed by atoms with Crippen molar-refractivity contribution in [2.24, 2.45) is 0 Å². The Morgan fingerprint density at radius 2 is 0.939 bits per heavy atom. The van der Waals surface area contributed by atoms with Gasteiger partial charge in [0.05, 0.1) is 12.3 Å². The third-order valence-corrected chi connectivity index (χ3v) is 9.47. The Hall–Kier alpha value is -6.44. The Labute approximate surface area is 297 Å². The second kappa shape index (κ2) is 11.1. The molecule has 49 heavy (non-hydrogen) atoms. The normalized spacial score (nSPS) is 14.2. The summed E-state index contributed by atoms with van der Waals surface area (Å²) in [5, 5.41) is 7.33. The fraction of sp³-hybridized carbons (Fsp3) is 0. The van der Waals surface area contributed by atoms with Crippen LogP contribution in [0.15, 0.2) is 186 Å². The smallest absolute Gasteiger partial charge is 0.136 e. The van der Waals surface area contributed by atoms with Gasteiger partial charge in [-0.25, -0.2) is 0 Å². The van der Waals surface area contributed by atoms with Gasteiger partial charge in [0, 0.05) is 10.8 Å². The molecular weight excluding hydrogens is 593 g/mol. The second-order valence-electron chi connectivity index (χ2n) is 12.1. The molecule has 0 fully saturated rings. The minimum absolute atomic E-state index is 0.0621. The summed E-state index contributed by atoms with van der Waals surface area (Å²) in [5.74, 6) is 0. The molecule has 0 atom stereocenters. The number of fused-ring (bicyclic) bond motifs is 6. The van der Waals surface area contributed by atoms with Crippen molar-refractivity contribution in [1.82, 2.24) is 0 Å². The topological polar surface area (TPSA) is 13.1 Å². The van der Waals surface area contributed by atoms with E-state index in [4.69, 9.17) is 15.4 Å². The highest BCUT2D eigenvalue weighted by atomic mass is 16.3. The maximum Gasteiger partial charge on any atom is 0.136 e. The first-order valence-electron chi connectivity index (χ1n) is 20.6. The molecule has 0 aliphatic rings. The van der Waals surface area contributed by atoms with Crippen LogP contribution >= 0.6 is 0 Å². The van der Waals surface area contributed by atoms with Crippen molar-refractivity contribution in [1.29, 1.82) is 0 Å². The third-order valence-electron chi connectivity index (χ3n) is 9.47. The lowest BCUT2D eigenvalue weighted by molar-refractivity contribution is 0.669. The molecule has 0 amide bonds. The molecule has 0 radical (unpaired) electrons. The highest BCUT2D eigenvalue weighted by molar-refractivity contribution is 6.22. The molecule has 1 heterocycles. The largest absolute Gasteiger partial charge is 0.456 e. The van der Waals surface area contributed by atoms with Crippen LogP contribution in [0.5, 0.6) is 0 Å². The van der Waals surface area contributed by atoms with Gasteiger partial charge in [0.15, 0.2) is 0 Å². The zero-order valence-corrected chi connectivity index (χ0v) is 26.0. The molecule has 1 nitrogen and oxygen atoms in total. The van der Waals surface area contributed by atoms with E-state index in [1.807, 2.05) is 72.8 Å². The molecule has 0 saturated carbocycles. The number of hydrogen-bond donors (Lipinski definition) is 0. The Morgan fingerprint density at radius 1 is 0.367 bits per heavy atom. The lowest BCUT2D eigenvalue weighted by Gasteiger charge is -2.20. The van der Waals surface area contributed by atoms with E-state index in [1.54, 1.807) is 0 Å². The number of furan rings is 1. The van der Waals surface area contributed by atoms with Crippen LogP contribution in [0.2, 0.25) is 0 Å². The van der Waals surface area contributed by atoms with Crippen LogP contribution in [0.4, 0.5) is 0 Å². The van der Waals surface area contributed by atoms with Gasteiger partial charge >= 0.3 is 0 Å². The fourth-order valence-corrected chi connectivity index (χ4v) is 7.34. The Bertz CT molecular complexity index is 3300. The highest BCUT2D eigenvalue weighted by Crippen LogP contribution is 2.46. The van der Waals surface area contributed by atoms with E-state index in [2.05, 4.69) is 54.6 Å². The summed E-state index contributed by atoms with van der Waals surface area (Å²) in [5.41, 5.74) is 5.65. The van der Waals surface area contributed by atoms with E-state index in [0.717, 1.165) is 65.7 Å². The standard InChI is InChI=1S/C48H30O/c1-2-13-31(14-3-1)36-17-6-7-18-38(36)47-41-21-10-8-19-39(41)46(40-20-9-11-22-42(40)47)33-27-25-32(26-28-33)37-23-12-24-44-48(37)43-29-34-15-4-5-16-35(34)30-45(43)49-44/h1-30H/i1D,2D,3D,6D,7D,13D,14D,17D,18D. The number of benzene rings is 9. The average molecular weight is 632 g/mol. The molecule has 1 aromatic heterocycles. The zero-order valence-electron chi connectivity index (χ0n) is 35.0. The summed E-state index contributed by atoms with van der Waals surface area (Å²) in [6.07, 6.45) is 0. The quantitative estimate of drug-likeness (QED) is 0.176. The van der Waals surface area contributed by atoms with Crippen molar-refractivity contribution < 1.29 is 16.8 Å². The van der Waals surface area contributed by atoms with Gasteiger partial charge in [0.25, 0.3) is 0 Å². The maximum absolute atomic E-state index is 9.31. The van der Waals surface area contributed by atoms with Gasteiger partial charge in [-0.3, -0.25) is 0 Å². The first-order chi connectivity index (χ1) is 28.0. The van der Waals surface area contributed by atoms with Gasteiger partial charge in [0.1, 0.15) is 11.2 Å². The van der Waals surface area contributed by atoms with Crippen LogP contribution < -0.4 is 0 Å². The predicted molar refractivity (Wildman–Crippen MR) is 208 cm³/mol. The van der Waals surface area contributed by atoms with Crippen molar-refractivity contribution in [3.63, 3.8) is 0 Å². The molecule has 0 spiro atoms. The second-order valence-corrected chi connectivity index (χ2v) is 12.1. The minimum atomic E-state index is -0.589. The van der Waals surface area contributed by atoms with E-state index in [1.165, 1.54) is 0 Å². The van der Waals surface area contributed by atoms with Gasteiger partial charge in [-0.05, 0) is 95.0 Å². The van der Waals surface area contributed by atoms with Crippen molar-refractivity contribution in [3.8, 4) is 44.5 Å². The predicted octanol–water partition coefficient (Wildman–Crippen LogP) is 13.7. The van der Waals surface area contributed by atoms with E-state index in [9.17, 15) is 1.37 Å². The fourth-order valence-electron chi connectivity index (χ4n) is 7.34. The van der Waals surface area contributed by atoms with Crippen molar-refractivity contribution in [2.75, 3.05) is 0 Å². The molecule has 0 unspecified atom stereocenters. The van der Waals surface area contributed by atoms with Crippen LogP contribution in [-0.2, 0) is 0 Å². The van der Waals surface area contributed by atoms with Crippen molar-refractivity contribution >= 4 is 54.3 Å². The Balaban J connectivity index is 1.22.